The van der Waals surface area contributed by atoms with Crippen molar-refractivity contribution >= 4 is 18.5 Å². The maximum atomic E-state index is 11.5. The van der Waals surface area contributed by atoms with Crippen LogP contribution in [-0.2, 0) is 4.79 Å². The highest BCUT2D eigenvalue weighted by Crippen LogP contribution is 2.15. The van der Waals surface area contributed by atoms with Gasteiger partial charge < -0.3 is 9.80 Å². The van der Waals surface area contributed by atoms with E-state index >= 15 is 0 Å². The summed E-state index contributed by atoms with van der Waals surface area (Å²) in [5.41, 5.74) is 0. The van der Waals surface area contributed by atoms with Crippen molar-refractivity contribution in [3.8, 4) is 0 Å². The van der Waals surface area contributed by atoms with Gasteiger partial charge in [0.05, 0.1) is 0 Å². The van der Waals surface area contributed by atoms with Gasteiger partial charge in [0, 0.05) is 26.1 Å². The lowest BCUT2D eigenvalue weighted by molar-refractivity contribution is -0.130. The average molecular weight is 216 g/mol. The Morgan fingerprint density at radius 2 is 2.36 bits per heavy atom. The molecule has 0 aromatic heterocycles. The summed E-state index contributed by atoms with van der Waals surface area (Å²) in [6, 6.07) is 0.559. The first kappa shape index (κ1) is 11.9. The Labute approximate surface area is 91.9 Å². The molecule has 1 atom stereocenters. The van der Waals surface area contributed by atoms with Crippen LogP contribution in [0.25, 0.3) is 0 Å². The first-order chi connectivity index (χ1) is 6.65. The van der Waals surface area contributed by atoms with Crippen LogP contribution in [0.15, 0.2) is 0 Å². The largest absolute Gasteiger partial charge is 0.344 e. The summed E-state index contributed by atoms with van der Waals surface area (Å²) in [5, 5.41) is 0. The lowest BCUT2D eigenvalue weighted by atomic mass is 10.2. The number of likely N-dealkylation sites (N-methyl/N-ethyl adjacent to an activating group) is 2. The molecule has 0 spiro atoms. The molecule has 0 radical (unpaired) electrons. The summed E-state index contributed by atoms with van der Waals surface area (Å²) < 4.78 is 0. The molecule has 14 heavy (non-hydrogen) atoms. The highest BCUT2D eigenvalue weighted by Gasteiger charge is 2.23. The zero-order valence-corrected chi connectivity index (χ0v) is 9.96. The fourth-order valence-electron chi connectivity index (χ4n) is 1.91. The molecule has 1 rings (SSSR count). The van der Waals surface area contributed by atoms with Crippen LogP contribution in [0.5, 0.6) is 0 Å². The second-order valence-corrected chi connectivity index (χ2v) is 4.47. The molecule has 3 nitrogen and oxygen atoms in total. The molecule has 4 heteroatoms. The van der Waals surface area contributed by atoms with Gasteiger partial charge in [0.25, 0.3) is 0 Å². The van der Waals surface area contributed by atoms with E-state index in [1.807, 2.05) is 11.9 Å². The van der Waals surface area contributed by atoms with Gasteiger partial charge in [-0.05, 0) is 32.2 Å². The predicted molar refractivity (Wildman–Crippen MR) is 61.8 cm³/mol. The van der Waals surface area contributed by atoms with Crippen molar-refractivity contribution in [3.05, 3.63) is 0 Å². The second-order valence-electron chi connectivity index (χ2n) is 4.02. The fourth-order valence-corrected chi connectivity index (χ4v) is 2.11. The Bertz CT molecular complexity index is 199. The summed E-state index contributed by atoms with van der Waals surface area (Å²) in [6.45, 7) is 2.03. The third-order valence-electron chi connectivity index (χ3n) is 2.91. The molecule has 1 amide bonds. The zero-order chi connectivity index (χ0) is 10.6. The van der Waals surface area contributed by atoms with Gasteiger partial charge in [-0.1, -0.05) is 0 Å². The lowest BCUT2D eigenvalue weighted by Crippen LogP contribution is -2.39. The highest BCUT2D eigenvalue weighted by atomic mass is 32.1. The van der Waals surface area contributed by atoms with Crippen molar-refractivity contribution in [2.45, 2.75) is 25.3 Å². The number of amides is 1. The third kappa shape index (κ3) is 3.17. The molecule has 0 saturated carbocycles. The van der Waals surface area contributed by atoms with Crippen molar-refractivity contribution in [3.63, 3.8) is 0 Å². The van der Waals surface area contributed by atoms with Crippen LogP contribution in [0.2, 0.25) is 0 Å². The number of carbonyl (C=O) groups is 1. The number of rotatable bonds is 4. The Hall–Kier alpha value is -0.220. The van der Waals surface area contributed by atoms with E-state index < -0.39 is 0 Å². The topological polar surface area (TPSA) is 23.6 Å². The van der Waals surface area contributed by atoms with Crippen molar-refractivity contribution in [2.24, 2.45) is 0 Å². The molecular weight excluding hydrogens is 196 g/mol. The monoisotopic (exact) mass is 216 g/mol. The summed E-state index contributed by atoms with van der Waals surface area (Å²) in [6.07, 6.45) is 3.03. The van der Waals surface area contributed by atoms with Crippen LogP contribution < -0.4 is 0 Å². The van der Waals surface area contributed by atoms with Crippen LogP contribution in [0.1, 0.15) is 19.3 Å². The molecule has 1 heterocycles. The summed E-state index contributed by atoms with van der Waals surface area (Å²) in [4.78, 5) is 15.7. The van der Waals surface area contributed by atoms with E-state index in [0.29, 0.717) is 18.2 Å². The van der Waals surface area contributed by atoms with Crippen LogP contribution >= 0.6 is 12.6 Å². The van der Waals surface area contributed by atoms with Crippen molar-refractivity contribution < 1.29 is 4.79 Å². The minimum atomic E-state index is 0.209. The van der Waals surface area contributed by atoms with E-state index in [0.717, 1.165) is 6.54 Å². The zero-order valence-electron chi connectivity index (χ0n) is 9.07. The van der Waals surface area contributed by atoms with E-state index in [1.165, 1.54) is 19.4 Å². The van der Waals surface area contributed by atoms with Gasteiger partial charge in [-0.15, -0.1) is 0 Å². The van der Waals surface area contributed by atoms with E-state index in [9.17, 15) is 4.79 Å². The van der Waals surface area contributed by atoms with E-state index in [1.54, 1.807) is 0 Å². The maximum Gasteiger partial charge on any atom is 0.223 e. The Morgan fingerprint density at radius 1 is 1.64 bits per heavy atom. The van der Waals surface area contributed by atoms with Gasteiger partial charge in [-0.25, -0.2) is 0 Å². The SMILES string of the molecule is CN(CC1CCCN1C)C(=O)CCS. The summed E-state index contributed by atoms with van der Waals surface area (Å²) >= 11 is 4.06. The van der Waals surface area contributed by atoms with Gasteiger partial charge >= 0.3 is 0 Å². The fraction of sp³-hybridized carbons (Fsp3) is 0.900. The summed E-state index contributed by atoms with van der Waals surface area (Å²) in [7, 11) is 4.02. The molecule has 1 unspecified atom stereocenters. The normalized spacial score (nSPS) is 22.6. The molecule has 1 aliphatic rings. The van der Waals surface area contributed by atoms with Crippen molar-refractivity contribution in [1.29, 1.82) is 0 Å². The van der Waals surface area contributed by atoms with Crippen LogP contribution in [0, 0.1) is 0 Å². The van der Waals surface area contributed by atoms with Crippen LogP contribution in [0.3, 0.4) is 0 Å². The number of hydrogen-bond donors (Lipinski definition) is 1. The minimum absolute atomic E-state index is 0.209. The summed E-state index contributed by atoms with van der Waals surface area (Å²) in [5.74, 6) is 0.851. The number of hydrogen-bond acceptors (Lipinski definition) is 3. The van der Waals surface area contributed by atoms with E-state index in [-0.39, 0.29) is 5.91 Å². The lowest BCUT2D eigenvalue weighted by Gasteiger charge is -2.25. The molecule has 0 bridgehead atoms. The van der Waals surface area contributed by atoms with Crippen molar-refractivity contribution in [1.82, 2.24) is 9.80 Å². The average Bonchev–Trinajstić information content (AvgIpc) is 2.52. The van der Waals surface area contributed by atoms with Gasteiger partial charge in [-0.3, -0.25) is 4.79 Å². The molecule has 0 N–H and O–H groups in total. The Balaban J connectivity index is 2.32. The molecule has 1 aliphatic heterocycles. The first-order valence-corrected chi connectivity index (χ1v) is 5.83. The van der Waals surface area contributed by atoms with E-state index in [2.05, 4.69) is 24.6 Å². The molecule has 82 valence electrons. The van der Waals surface area contributed by atoms with Gasteiger partial charge in [-0.2, -0.15) is 12.6 Å². The smallest absolute Gasteiger partial charge is 0.223 e. The quantitative estimate of drug-likeness (QED) is 0.705. The molecular formula is C10H20N2OS. The Morgan fingerprint density at radius 3 is 2.86 bits per heavy atom. The Kier molecular flexibility index (Phi) is 4.75. The second kappa shape index (κ2) is 5.61. The van der Waals surface area contributed by atoms with Crippen molar-refractivity contribution in [2.75, 3.05) is 32.9 Å². The standard InChI is InChI=1S/C10H20N2OS/c1-11-6-3-4-9(11)8-12(2)10(13)5-7-14/h9,14H,3-8H2,1-2H3. The molecule has 0 aliphatic carbocycles. The van der Waals surface area contributed by atoms with Gasteiger partial charge in [0.1, 0.15) is 0 Å². The first-order valence-electron chi connectivity index (χ1n) is 5.20. The number of thiol groups is 1. The van der Waals surface area contributed by atoms with Crippen LogP contribution in [-0.4, -0.2) is 54.7 Å². The van der Waals surface area contributed by atoms with E-state index in [4.69, 9.17) is 0 Å². The third-order valence-corrected chi connectivity index (χ3v) is 3.13. The number of likely N-dealkylation sites (tertiary alicyclic amines) is 1. The highest BCUT2D eigenvalue weighted by molar-refractivity contribution is 7.80. The molecule has 1 saturated heterocycles. The molecule has 0 aromatic rings. The predicted octanol–water partition coefficient (Wildman–Crippen LogP) is 0.859. The maximum absolute atomic E-state index is 11.5. The number of carbonyl (C=O) groups excluding carboxylic acids is 1. The van der Waals surface area contributed by atoms with Gasteiger partial charge in [0.2, 0.25) is 5.91 Å². The molecule has 1 fully saturated rings. The van der Waals surface area contributed by atoms with Gasteiger partial charge in [0.15, 0.2) is 0 Å². The molecule has 0 aromatic carbocycles. The minimum Gasteiger partial charge on any atom is -0.344 e. The number of nitrogens with zero attached hydrogens (tertiary/aromatic N) is 2. The van der Waals surface area contributed by atoms with Crippen LogP contribution in [0.4, 0.5) is 0 Å².